The summed E-state index contributed by atoms with van der Waals surface area (Å²) in [5.74, 6) is -0.348. The largest absolute Gasteiger partial charge is 0.462 e. The summed E-state index contributed by atoms with van der Waals surface area (Å²) in [5, 5.41) is 0.369. The van der Waals surface area contributed by atoms with Gasteiger partial charge in [0.05, 0.1) is 12.2 Å². The zero-order chi connectivity index (χ0) is 13.4. The van der Waals surface area contributed by atoms with E-state index in [-0.39, 0.29) is 5.97 Å². The zero-order valence-corrected chi connectivity index (χ0v) is 11.6. The zero-order valence-electron chi connectivity index (χ0n) is 10.9. The van der Waals surface area contributed by atoms with Gasteiger partial charge in [0.2, 0.25) is 0 Å². The van der Waals surface area contributed by atoms with Crippen molar-refractivity contribution in [2.45, 2.75) is 20.3 Å². The van der Waals surface area contributed by atoms with Crippen LogP contribution in [0, 0.1) is 0 Å². The summed E-state index contributed by atoms with van der Waals surface area (Å²) in [6.45, 7) is 7.65. The number of hydrogen-bond acceptors (Lipinski definition) is 4. The number of halogens is 1. The molecule has 18 heavy (non-hydrogen) atoms. The predicted molar refractivity (Wildman–Crippen MR) is 71.9 cm³/mol. The number of rotatable bonds is 7. The first-order chi connectivity index (χ1) is 8.67. The fourth-order valence-electron chi connectivity index (χ4n) is 1.57. The van der Waals surface area contributed by atoms with Gasteiger partial charge in [0.1, 0.15) is 5.15 Å². The maximum Gasteiger partial charge on any atom is 0.339 e. The average Bonchev–Trinajstić information content (AvgIpc) is 2.39. The second-order valence-electron chi connectivity index (χ2n) is 3.89. The van der Waals surface area contributed by atoms with E-state index in [2.05, 4.69) is 23.7 Å². The molecule has 1 aromatic heterocycles. The molecule has 0 amide bonds. The fourth-order valence-corrected chi connectivity index (χ4v) is 1.68. The number of nitrogens with zero attached hydrogens (tertiary/aromatic N) is 2. The average molecular weight is 271 g/mol. The first kappa shape index (κ1) is 14.9. The number of esters is 1. The van der Waals surface area contributed by atoms with Crippen molar-refractivity contribution < 1.29 is 9.53 Å². The molecule has 0 atom stereocenters. The van der Waals surface area contributed by atoms with Gasteiger partial charge in [-0.3, -0.25) is 0 Å². The second-order valence-corrected chi connectivity index (χ2v) is 4.27. The van der Waals surface area contributed by atoms with Crippen LogP contribution < -0.4 is 0 Å². The molecule has 0 saturated carbocycles. The van der Waals surface area contributed by atoms with Crippen molar-refractivity contribution in [3.05, 3.63) is 29.0 Å². The molecule has 100 valence electrons. The molecule has 1 aromatic rings. The molecule has 0 fully saturated rings. The molecule has 0 bridgehead atoms. The van der Waals surface area contributed by atoms with Gasteiger partial charge < -0.3 is 9.64 Å². The smallest absolute Gasteiger partial charge is 0.339 e. The Bertz CT molecular complexity index is 364. The van der Waals surface area contributed by atoms with Crippen LogP contribution in [0.25, 0.3) is 0 Å². The maximum atomic E-state index is 11.6. The standard InChI is InChI=1S/C13H19ClN2O2/c1-3-16(4-2)8-5-9-18-13(17)11-6-7-12(14)15-10-11/h6-7,10H,3-5,8-9H2,1-2H3. The third-order valence-corrected chi connectivity index (χ3v) is 2.93. The molecule has 0 unspecified atom stereocenters. The third kappa shape index (κ3) is 5.02. The van der Waals surface area contributed by atoms with E-state index in [1.807, 2.05) is 0 Å². The molecule has 0 radical (unpaired) electrons. The molecule has 0 aliphatic heterocycles. The van der Waals surface area contributed by atoms with E-state index in [1.54, 1.807) is 12.1 Å². The normalized spacial score (nSPS) is 10.7. The van der Waals surface area contributed by atoms with Crippen LogP contribution in [0.1, 0.15) is 30.6 Å². The summed E-state index contributed by atoms with van der Waals surface area (Å²) < 4.78 is 5.16. The van der Waals surface area contributed by atoms with Crippen LogP contribution in [0.3, 0.4) is 0 Å². The highest BCUT2D eigenvalue weighted by Crippen LogP contribution is 2.06. The number of ether oxygens (including phenoxy) is 1. The summed E-state index contributed by atoms with van der Waals surface area (Å²) in [6.07, 6.45) is 2.27. The highest BCUT2D eigenvalue weighted by molar-refractivity contribution is 6.29. The van der Waals surface area contributed by atoms with Gasteiger partial charge in [0.25, 0.3) is 0 Å². The topological polar surface area (TPSA) is 42.4 Å². The van der Waals surface area contributed by atoms with Crippen molar-refractivity contribution in [3.63, 3.8) is 0 Å². The highest BCUT2D eigenvalue weighted by Gasteiger charge is 2.07. The van der Waals surface area contributed by atoms with Gasteiger partial charge in [-0.25, -0.2) is 9.78 Å². The van der Waals surface area contributed by atoms with Gasteiger partial charge in [-0.15, -0.1) is 0 Å². The Kier molecular flexibility index (Phi) is 6.68. The Labute approximate surface area is 113 Å². The van der Waals surface area contributed by atoms with Gasteiger partial charge in [-0.2, -0.15) is 0 Å². The van der Waals surface area contributed by atoms with Gasteiger partial charge in [0.15, 0.2) is 0 Å². The molecular weight excluding hydrogens is 252 g/mol. The molecule has 0 spiro atoms. The summed E-state index contributed by atoms with van der Waals surface area (Å²) >= 11 is 5.64. The lowest BCUT2D eigenvalue weighted by Gasteiger charge is -2.17. The summed E-state index contributed by atoms with van der Waals surface area (Å²) in [6, 6.07) is 3.19. The Hall–Kier alpha value is -1.13. The van der Waals surface area contributed by atoms with Gasteiger partial charge in [-0.1, -0.05) is 25.4 Å². The first-order valence-corrected chi connectivity index (χ1v) is 6.56. The van der Waals surface area contributed by atoms with Crippen molar-refractivity contribution in [3.8, 4) is 0 Å². The maximum absolute atomic E-state index is 11.6. The number of aromatic nitrogens is 1. The number of carbonyl (C=O) groups excluding carboxylic acids is 1. The van der Waals surface area contributed by atoms with Crippen LogP contribution in [0.2, 0.25) is 5.15 Å². The van der Waals surface area contributed by atoms with Crippen LogP contribution in [0.4, 0.5) is 0 Å². The summed E-state index contributed by atoms with van der Waals surface area (Å²) in [4.78, 5) is 17.7. The van der Waals surface area contributed by atoms with E-state index in [0.717, 1.165) is 26.1 Å². The van der Waals surface area contributed by atoms with Crippen LogP contribution in [-0.2, 0) is 4.74 Å². The Morgan fingerprint density at radius 3 is 2.67 bits per heavy atom. The van der Waals surface area contributed by atoms with E-state index in [1.165, 1.54) is 6.20 Å². The fraction of sp³-hybridized carbons (Fsp3) is 0.538. The number of pyridine rings is 1. The third-order valence-electron chi connectivity index (χ3n) is 2.71. The van der Waals surface area contributed by atoms with Crippen molar-refractivity contribution in [1.82, 2.24) is 9.88 Å². The van der Waals surface area contributed by atoms with Crippen molar-refractivity contribution >= 4 is 17.6 Å². The van der Waals surface area contributed by atoms with Crippen molar-refractivity contribution in [2.75, 3.05) is 26.2 Å². The van der Waals surface area contributed by atoms with Crippen LogP contribution in [0.15, 0.2) is 18.3 Å². The highest BCUT2D eigenvalue weighted by atomic mass is 35.5. The van der Waals surface area contributed by atoms with Gasteiger partial charge in [0, 0.05) is 12.7 Å². The molecule has 0 saturated heterocycles. The van der Waals surface area contributed by atoms with Crippen molar-refractivity contribution in [2.24, 2.45) is 0 Å². The molecule has 0 N–H and O–H groups in total. The lowest BCUT2D eigenvalue weighted by Crippen LogP contribution is -2.25. The van der Waals surface area contributed by atoms with E-state index in [9.17, 15) is 4.79 Å². The van der Waals surface area contributed by atoms with Crippen LogP contribution in [-0.4, -0.2) is 42.1 Å². The van der Waals surface area contributed by atoms with E-state index < -0.39 is 0 Å². The quantitative estimate of drug-likeness (QED) is 0.434. The minimum Gasteiger partial charge on any atom is -0.462 e. The Balaban J connectivity index is 2.27. The van der Waals surface area contributed by atoms with Crippen molar-refractivity contribution in [1.29, 1.82) is 0 Å². The van der Waals surface area contributed by atoms with E-state index in [0.29, 0.717) is 17.3 Å². The molecule has 0 aliphatic rings. The minimum absolute atomic E-state index is 0.348. The Morgan fingerprint density at radius 1 is 1.39 bits per heavy atom. The molecule has 0 aliphatic carbocycles. The Morgan fingerprint density at radius 2 is 2.11 bits per heavy atom. The van der Waals surface area contributed by atoms with Crippen LogP contribution in [0.5, 0.6) is 0 Å². The lowest BCUT2D eigenvalue weighted by molar-refractivity contribution is 0.0489. The SMILES string of the molecule is CCN(CC)CCCOC(=O)c1ccc(Cl)nc1. The molecule has 5 heteroatoms. The molecule has 4 nitrogen and oxygen atoms in total. The monoisotopic (exact) mass is 270 g/mol. The molecular formula is C13H19ClN2O2. The lowest BCUT2D eigenvalue weighted by atomic mass is 10.3. The number of hydrogen-bond donors (Lipinski definition) is 0. The first-order valence-electron chi connectivity index (χ1n) is 6.18. The van der Waals surface area contributed by atoms with Gasteiger partial charge in [-0.05, 0) is 31.6 Å². The van der Waals surface area contributed by atoms with E-state index in [4.69, 9.17) is 16.3 Å². The summed E-state index contributed by atoms with van der Waals surface area (Å²) in [5.41, 5.74) is 0.433. The molecule has 1 rings (SSSR count). The minimum atomic E-state index is -0.348. The number of carbonyl (C=O) groups is 1. The van der Waals surface area contributed by atoms with Crippen LogP contribution >= 0.6 is 11.6 Å². The molecule has 1 heterocycles. The summed E-state index contributed by atoms with van der Waals surface area (Å²) in [7, 11) is 0. The van der Waals surface area contributed by atoms with Gasteiger partial charge >= 0.3 is 5.97 Å². The molecule has 0 aromatic carbocycles. The second kappa shape index (κ2) is 8.06. The van der Waals surface area contributed by atoms with E-state index >= 15 is 0 Å². The predicted octanol–water partition coefficient (Wildman–Crippen LogP) is 2.62.